The van der Waals surface area contributed by atoms with E-state index in [4.69, 9.17) is 10.2 Å². The summed E-state index contributed by atoms with van der Waals surface area (Å²) in [6.07, 6.45) is -0.689. The monoisotopic (exact) mass is 145 g/mol. The highest BCUT2D eigenvalue weighted by atomic mass is 16.4. The minimum absolute atomic E-state index is 0.169. The van der Waals surface area contributed by atoms with E-state index in [0.29, 0.717) is 6.54 Å². The van der Waals surface area contributed by atoms with E-state index >= 15 is 0 Å². The maximum atomic E-state index is 10.3. The lowest BCUT2D eigenvalue weighted by Gasteiger charge is -2.40. The third kappa shape index (κ3) is 1.07. The van der Waals surface area contributed by atoms with Crippen LogP contribution in [-0.2, 0) is 0 Å². The van der Waals surface area contributed by atoms with Gasteiger partial charge in [0.25, 0.3) is 0 Å². The van der Waals surface area contributed by atoms with Crippen LogP contribution in [0.3, 0.4) is 0 Å². The van der Waals surface area contributed by atoms with Gasteiger partial charge < -0.3 is 15.1 Å². The second-order valence-electron chi connectivity index (χ2n) is 2.57. The number of amides is 1. The molecule has 1 aliphatic heterocycles. The third-order valence-corrected chi connectivity index (χ3v) is 1.87. The molecule has 10 heavy (non-hydrogen) atoms. The van der Waals surface area contributed by atoms with Gasteiger partial charge in [0.1, 0.15) is 0 Å². The zero-order valence-corrected chi connectivity index (χ0v) is 5.82. The molecule has 1 fully saturated rings. The summed E-state index contributed by atoms with van der Waals surface area (Å²) in [4.78, 5) is 11.6. The van der Waals surface area contributed by atoms with Crippen molar-refractivity contribution in [2.24, 2.45) is 0 Å². The van der Waals surface area contributed by atoms with Gasteiger partial charge in [0, 0.05) is 6.54 Å². The highest BCUT2D eigenvalue weighted by molar-refractivity contribution is 5.66. The Morgan fingerprint density at radius 1 is 1.80 bits per heavy atom. The number of aliphatic hydroxyl groups is 1. The molecule has 4 heteroatoms. The van der Waals surface area contributed by atoms with Gasteiger partial charge >= 0.3 is 6.09 Å². The number of hydrogen-bond acceptors (Lipinski definition) is 2. The summed E-state index contributed by atoms with van der Waals surface area (Å²) in [6, 6.07) is -0.169. The Bertz CT molecular complexity index is 146. The van der Waals surface area contributed by atoms with E-state index in [-0.39, 0.29) is 6.04 Å². The van der Waals surface area contributed by atoms with Crippen molar-refractivity contribution in [1.82, 2.24) is 4.90 Å². The number of carbonyl (C=O) groups is 1. The number of nitrogens with zero attached hydrogens (tertiary/aromatic N) is 1. The van der Waals surface area contributed by atoms with Crippen molar-refractivity contribution in [3.05, 3.63) is 0 Å². The first-order valence-electron chi connectivity index (χ1n) is 3.30. The Kier molecular flexibility index (Phi) is 1.80. The van der Waals surface area contributed by atoms with E-state index in [2.05, 4.69) is 0 Å². The van der Waals surface area contributed by atoms with Crippen LogP contribution < -0.4 is 0 Å². The molecule has 1 unspecified atom stereocenters. The molecule has 0 aromatic rings. The van der Waals surface area contributed by atoms with Crippen molar-refractivity contribution in [2.45, 2.75) is 25.5 Å². The number of rotatable bonds is 1. The summed E-state index contributed by atoms with van der Waals surface area (Å²) in [7, 11) is 0. The molecule has 0 spiro atoms. The molecule has 1 heterocycles. The highest BCUT2D eigenvalue weighted by Gasteiger charge is 2.34. The second-order valence-corrected chi connectivity index (χ2v) is 2.57. The molecule has 58 valence electrons. The Morgan fingerprint density at radius 3 is 2.50 bits per heavy atom. The number of likely N-dealkylation sites (tertiary alicyclic amines) is 1. The molecule has 1 saturated heterocycles. The molecule has 1 amide bonds. The Hall–Kier alpha value is -0.770. The Balaban J connectivity index is 2.43. The van der Waals surface area contributed by atoms with E-state index in [1.165, 1.54) is 4.90 Å². The SMILES string of the molecule is CC(O)[C@@H]1CCN1C(=O)O. The number of aliphatic hydroxyl groups excluding tert-OH is 1. The largest absolute Gasteiger partial charge is 0.465 e. The first-order valence-corrected chi connectivity index (χ1v) is 3.30. The summed E-state index contributed by atoms with van der Waals surface area (Å²) in [6.45, 7) is 2.17. The molecule has 1 rings (SSSR count). The molecule has 0 saturated carbocycles. The smallest absolute Gasteiger partial charge is 0.407 e. The summed E-state index contributed by atoms with van der Waals surface area (Å²) in [5.74, 6) is 0. The van der Waals surface area contributed by atoms with Crippen LogP contribution in [0.5, 0.6) is 0 Å². The van der Waals surface area contributed by atoms with Crippen molar-refractivity contribution < 1.29 is 15.0 Å². The minimum Gasteiger partial charge on any atom is -0.465 e. The van der Waals surface area contributed by atoms with Crippen LogP contribution in [0, 0.1) is 0 Å². The van der Waals surface area contributed by atoms with Gasteiger partial charge in [0.2, 0.25) is 0 Å². The summed E-state index contributed by atoms with van der Waals surface area (Å²) < 4.78 is 0. The lowest BCUT2D eigenvalue weighted by Crippen LogP contribution is -2.55. The van der Waals surface area contributed by atoms with Crippen LogP contribution in [0.25, 0.3) is 0 Å². The number of hydrogen-bond donors (Lipinski definition) is 2. The number of carboxylic acid groups (broad SMARTS) is 1. The topological polar surface area (TPSA) is 60.8 Å². The van der Waals surface area contributed by atoms with Crippen molar-refractivity contribution in [1.29, 1.82) is 0 Å². The maximum absolute atomic E-state index is 10.3. The van der Waals surface area contributed by atoms with Crippen LogP contribution in [0.4, 0.5) is 4.79 Å². The molecule has 2 atom stereocenters. The average molecular weight is 145 g/mol. The van der Waals surface area contributed by atoms with Crippen molar-refractivity contribution >= 4 is 6.09 Å². The van der Waals surface area contributed by atoms with Gasteiger partial charge in [-0.25, -0.2) is 4.79 Å². The van der Waals surface area contributed by atoms with Gasteiger partial charge in [-0.2, -0.15) is 0 Å². The first-order chi connectivity index (χ1) is 4.63. The summed E-state index contributed by atoms with van der Waals surface area (Å²) in [5.41, 5.74) is 0. The van der Waals surface area contributed by atoms with Gasteiger partial charge in [0.15, 0.2) is 0 Å². The predicted octanol–water partition coefficient (Wildman–Crippen LogP) is 0.120. The van der Waals surface area contributed by atoms with Crippen LogP contribution in [-0.4, -0.2) is 39.9 Å². The van der Waals surface area contributed by atoms with E-state index in [1.807, 2.05) is 0 Å². The van der Waals surface area contributed by atoms with Gasteiger partial charge in [-0.1, -0.05) is 0 Å². The van der Waals surface area contributed by atoms with Crippen LogP contribution in [0.15, 0.2) is 0 Å². The molecule has 1 aliphatic rings. The fourth-order valence-corrected chi connectivity index (χ4v) is 1.15. The Morgan fingerprint density at radius 2 is 2.40 bits per heavy atom. The van der Waals surface area contributed by atoms with Crippen LogP contribution in [0.1, 0.15) is 13.3 Å². The molecule has 4 nitrogen and oxygen atoms in total. The summed E-state index contributed by atoms with van der Waals surface area (Å²) >= 11 is 0. The van der Waals surface area contributed by atoms with Crippen LogP contribution >= 0.6 is 0 Å². The van der Waals surface area contributed by atoms with E-state index in [9.17, 15) is 4.79 Å². The van der Waals surface area contributed by atoms with Crippen molar-refractivity contribution in [2.75, 3.05) is 6.54 Å². The first kappa shape index (κ1) is 7.34. The van der Waals surface area contributed by atoms with Crippen molar-refractivity contribution in [3.63, 3.8) is 0 Å². The lowest BCUT2D eigenvalue weighted by atomic mass is 9.99. The van der Waals surface area contributed by atoms with Gasteiger partial charge in [-0.05, 0) is 13.3 Å². The summed E-state index contributed by atoms with van der Waals surface area (Å²) in [5, 5.41) is 17.5. The normalized spacial score (nSPS) is 27.4. The van der Waals surface area contributed by atoms with E-state index in [1.54, 1.807) is 6.92 Å². The molecular formula is C6H11NO3. The fraction of sp³-hybridized carbons (Fsp3) is 0.833. The second kappa shape index (κ2) is 2.46. The van der Waals surface area contributed by atoms with Crippen molar-refractivity contribution in [3.8, 4) is 0 Å². The zero-order valence-electron chi connectivity index (χ0n) is 5.82. The molecular weight excluding hydrogens is 134 g/mol. The van der Waals surface area contributed by atoms with Gasteiger partial charge in [0.05, 0.1) is 12.1 Å². The quantitative estimate of drug-likeness (QED) is 0.551. The zero-order chi connectivity index (χ0) is 7.72. The minimum atomic E-state index is -0.933. The fourth-order valence-electron chi connectivity index (χ4n) is 1.15. The van der Waals surface area contributed by atoms with E-state index in [0.717, 1.165) is 6.42 Å². The van der Waals surface area contributed by atoms with Crippen LogP contribution in [0.2, 0.25) is 0 Å². The maximum Gasteiger partial charge on any atom is 0.407 e. The molecule has 0 radical (unpaired) electrons. The molecule has 0 aromatic carbocycles. The van der Waals surface area contributed by atoms with E-state index < -0.39 is 12.2 Å². The third-order valence-electron chi connectivity index (χ3n) is 1.87. The molecule has 0 aliphatic carbocycles. The molecule has 2 N–H and O–H groups in total. The standard InChI is InChI=1S/C6H11NO3/c1-4(8)5-2-3-7(5)6(9)10/h4-5,8H,2-3H2,1H3,(H,9,10)/t4?,5-/m0/s1. The molecule has 0 bridgehead atoms. The highest BCUT2D eigenvalue weighted by Crippen LogP contribution is 2.19. The van der Waals surface area contributed by atoms with Gasteiger partial charge in [-0.15, -0.1) is 0 Å². The average Bonchev–Trinajstić information content (AvgIpc) is 1.56. The lowest BCUT2D eigenvalue weighted by molar-refractivity contribution is 0.00421. The Labute approximate surface area is 59.1 Å². The molecule has 0 aromatic heterocycles. The predicted molar refractivity (Wildman–Crippen MR) is 34.8 cm³/mol. The van der Waals surface area contributed by atoms with Gasteiger partial charge in [-0.3, -0.25) is 0 Å².